The molecule has 0 aliphatic carbocycles. The molecule has 2 unspecified atom stereocenters. The first kappa shape index (κ1) is 13.9. The molecule has 0 aliphatic heterocycles. The van der Waals surface area contributed by atoms with Crippen molar-refractivity contribution in [3.63, 3.8) is 0 Å². The smallest absolute Gasteiger partial charge is 0.00487 e. The summed E-state index contributed by atoms with van der Waals surface area (Å²) in [5.41, 5.74) is 11.5. The summed E-state index contributed by atoms with van der Waals surface area (Å²) >= 11 is 0. The van der Waals surface area contributed by atoms with Crippen LogP contribution in [0.1, 0.15) is 46.5 Å². The molecule has 2 atom stereocenters. The minimum atomic E-state index is 0.616. The van der Waals surface area contributed by atoms with E-state index in [4.69, 9.17) is 11.5 Å². The molecule has 2 heteroatoms. The van der Waals surface area contributed by atoms with E-state index in [0.717, 1.165) is 19.0 Å². The maximum atomic E-state index is 5.73. The molecule has 14 heavy (non-hydrogen) atoms. The summed E-state index contributed by atoms with van der Waals surface area (Å²) in [7, 11) is 0. The summed E-state index contributed by atoms with van der Waals surface area (Å²) in [6, 6.07) is 0. The molecule has 0 spiro atoms. The van der Waals surface area contributed by atoms with Crippen molar-refractivity contribution in [1.82, 2.24) is 0 Å². The highest BCUT2D eigenvalue weighted by Gasteiger charge is 2.20. The molecule has 0 saturated heterocycles. The molecule has 0 radical (unpaired) electrons. The molecule has 0 aromatic carbocycles. The average molecular weight is 200 g/mol. The van der Waals surface area contributed by atoms with Crippen LogP contribution >= 0.6 is 0 Å². The topological polar surface area (TPSA) is 52.0 Å². The number of rotatable bonds is 8. The predicted molar refractivity (Wildman–Crippen MR) is 64.1 cm³/mol. The summed E-state index contributed by atoms with van der Waals surface area (Å²) in [6.07, 6.45) is 5.26. The van der Waals surface area contributed by atoms with Crippen LogP contribution < -0.4 is 11.5 Å². The minimum Gasteiger partial charge on any atom is -0.330 e. The maximum absolute atomic E-state index is 5.73. The Morgan fingerprint density at radius 2 is 1.43 bits per heavy atom. The van der Waals surface area contributed by atoms with Crippen molar-refractivity contribution in [3.05, 3.63) is 0 Å². The Balaban J connectivity index is 3.97. The molecular weight excluding hydrogens is 172 g/mol. The Morgan fingerprint density at radius 3 is 1.79 bits per heavy atom. The first-order valence-corrected chi connectivity index (χ1v) is 6.07. The van der Waals surface area contributed by atoms with E-state index in [2.05, 4.69) is 20.8 Å². The van der Waals surface area contributed by atoms with Gasteiger partial charge in [-0.2, -0.15) is 0 Å². The third kappa shape index (κ3) is 4.97. The van der Waals surface area contributed by atoms with Crippen LogP contribution in [0.3, 0.4) is 0 Å². The number of unbranched alkanes of at least 4 members (excludes halogenated alkanes) is 2. The van der Waals surface area contributed by atoms with Crippen molar-refractivity contribution >= 4 is 0 Å². The first-order chi connectivity index (χ1) is 6.67. The molecule has 0 aromatic rings. The lowest BCUT2D eigenvalue weighted by molar-refractivity contribution is 0.241. The summed E-state index contributed by atoms with van der Waals surface area (Å²) in [4.78, 5) is 0. The van der Waals surface area contributed by atoms with Crippen LogP contribution in [0.4, 0.5) is 0 Å². The molecular formula is C12H28N2. The highest BCUT2D eigenvalue weighted by Crippen LogP contribution is 2.25. The molecule has 0 bridgehead atoms. The first-order valence-electron chi connectivity index (χ1n) is 6.07. The zero-order valence-electron chi connectivity index (χ0n) is 10.1. The van der Waals surface area contributed by atoms with Crippen LogP contribution in [-0.4, -0.2) is 13.1 Å². The maximum Gasteiger partial charge on any atom is -0.00487 e. The summed E-state index contributed by atoms with van der Waals surface area (Å²) < 4.78 is 0. The van der Waals surface area contributed by atoms with Gasteiger partial charge in [0.25, 0.3) is 0 Å². The predicted octanol–water partition coefficient (Wildman–Crippen LogP) is 2.37. The fourth-order valence-corrected chi connectivity index (χ4v) is 2.11. The zero-order chi connectivity index (χ0) is 11.0. The SMILES string of the molecule is CCCCCC(C(C)CN)C(C)CN. The lowest BCUT2D eigenvalue weighted by Crippen LogP contribution is -2.30. The zero-order valence-corrected chi connectivity index (χ0v) is 10.1. The molecule has 0 saturated carbocycles. The second-order valence-corrected chi connectivity index (χ2v) is 4.59. The Hall–Kier alpha value is -0.0800. The van der Waals surface area contributed by atoms with E-state index in [1.165, 1.54) is 25.7 Å². The number of hydrogen-bond acceptors (Lipinski definition) is 2. The van der Waals surface area contributed by atoms with Gasteiger partial charge in [0.05, 0.1) is 0 Å². The Kier molecular flexibility index (Phi) is 8.20. The van der Waals surface area contributed by atoms with Crippen LogP contribution in [0.5, 0.6) is 0 Å². The molecule has 0 aromatic heterocycles. The van der Waals surface area contributed by atoms with Crippen molar-refractivity contribution in [2.45, 2.75) is 46.5 Å². The van der Waals surface area contributed by atoms with E-state index in [1.54, 1.807) is 0 Å². The lowest BCUT2D eigenvalue weighted by atomic mass is 9.80. The molecule has 0 amide bonds. The van der Waals surface area contributed by atoms with Crippen molar-refractivity contribution in [1.29, 1.82) is 0 Å². The third-order valence-corrected chi connectivity index (χ3v) is 3.35. The van der Waals surface area contributed by atoms with Crippen LogP contribution in [0, 0.1) is 17.8 Å². The third-order valence-electron chi connectivity index (χ3n) is 3.35. The van der Waals surface area contributed by atoms with E-state index >= 15 is 0 Å². The average Bonchev–Trinajstić information content (AvgIpc) is 2.22. The molecule has 0 heterocycles. The molecule has 86 valence electrons. The van der Waals surface area contributed by atoms with E-state index < -0.39 is 0 Å². The van der Waals surface area contributed by atoms with Crippen molar-refractivity contribution in [3.8, 4) is 0 Å². The highest BCUT2D eigenvalue weighted by molar-refractivity contribution is 4.73. The second-order valence-electron chi connectivity index (χ2n) is 4.59. The van der Waals surface area contributed by atoms with Gasteiger partial charge >= 0.3 is 0 Å². The fraction of sp³-hybridized carbons (Fsp3) is 1.00. The monoisotopic (exact) mass is 200 g/mol. The largest absolute Gasteiger partial charge is 0.330 e. The summed E-state index contributed by atoms with van der Waals surface area (Å²) in [6.45, 7) is 8.33. The van der Waals surface area contributed by atoms with Gasteiger partial charge in [-0.25, -0.2) is 0 Å². The van der Waals surface area contributed by atoms with Gasteiger partial charge in [-0.1, -0.05) is 40.0 Å². The molecule has 2 nitrogen and oxygen atoms in total. The highest BCUT2D eigenvalue weighted by atomic mass is 14.6. The van der Waals surface area contributed by atoms with Gasteiger partial charge in [-0.3, -0.25) is 0 Å². The van der Waals surface area contributed by atoms with E-state index in [0.29, 0.717) is 11.8 Å². The molecule has 0 aliphatic rings. The van der Waals surface area contributed by atoms with Crippen LogP contribution in [-0.2, 0) is 0 Å². The van der Waals surface area contributed by atoms with Crippen LogP contribution in [0.25, 0.3) is 0 Å². The summed E-state index contributed by atoms with van der Waals surface area (Å²) in [5, 5.41) is 0. The second kappa shape index (κ2) is 8.25. The van der Waals surface area contributed by atoms with Gasteiger partial charge in [-0.05, 0) is 37.3 Å². The number of hydrogen-bond donors (Lipinski definition) is 2. The molecule has 0 rings (SSSR count). The van der Waals surface area contributed by atoms with Crippen LogP contribution in [0.15, 0.2) is 0 Å². The van der Waals surface area contributed by atoms with Gasteiger partial charge in [0.15, 0.2) is 0 Å². The van der Waals surface area contributed by atoms with E-state index in [-0.39, 0.29) is 0 Å². The standard InChI is InChI=1S/C12H28N2/c1-4-5-6-7-12(10(2)8-13)11(3)9-14/h10-12H,4-9,13-14H2,1-3H3. The molecule has 0 fully saturated rings. The van der Waals surface area contributed by atoms with Gasteiger partial charge < -0.3 is 11.5 Å². The quantitative estimate of drug-likeness (QED) is 0.591. The molecule has 4 N–H and O–H groups in total. The van der Waals surface area contributed by atoms with Crippen LogP contribution in [0.2, 0.25) is 0 Å². The normalized spacial score (nSPS) is 17.8. The summed E-state index contributed by atoms with van der Waals surface area (Å²) in [5.74, 6) is 1.95. The number of nitrogens with two attached hydrogens (primary N) is 2. The van der Waals surface area contributed by atoms with E-state index in [1.807, 2.05) is 0 Å². The Morgan fingerprint density at radius 1 is 0.929 bits per heavy atom. The van der Waals surface area contributed by atoms with E-state index in [9.17, 15) is 0 Å². The lowest BCUT2D eigenvalue weighted by Gasteiger charge is -2.28. The Bertz CT molecular complexity index is 115. The van der Waals surface area contributed by atoms with Gasteiger partial charge in [0.2, 0.25) is 0 Å². The van der Waals surface area contributed by atoms with Crippen molar-refractivity contribution in [2.24, 2.45) is 29.2 Å². The van der Waals surface area contributed by atoms with Gasteiger partial charge in [0.1, 0.15) is 0 Å². The van der Waals surface area contributed by atoms with Crippen molar-refractivity contribution in [2.75, 3.05) is 13.1 Å². The van der Waals surface area contributed by atoms with Gasteiger partial charge in [0, 0.05) is 0 Å². The van der Waals surface area contributed by atoms with Crippen molar-refractivity contribution < 1.29 is 0 Å². The van der Waals surface area contributed by atoms with Gasteiger partial charge in [-0.15, -0.1) is 0 Å². The Labute approximate surface area is 89.4 Å². The minimum absolute atomic E-state index is 0.616. The fourth-order valence-electron chi connectivity index (χ4n) is 2.11.